The Bertz CT molecular complexity index is 1230. The van der Waals surface area contributed by atoms with Crippen molar-refractivity contribution in [1.29, 1.82) is 0 Å². The van der Waals surface area contributed by atoms with Crippen LogP contribution in [-0.2, 0) is 19.0 Å². The van der Waals surface area contributed by atoms with Gasteiger partial charge < -0.3 is 9.73 Å². The number of nitrogens with zero attached hydrogens (tertiary/aromatic N) is 4. The van der Waals surface area contributed by atoms with Crippen LogP contribution < -0.4 is 5.32 Å². The van der Waals surface area contributed by atoms with Gasteiger partial charge in [0.2, 0.25) is 5.82 Å². The van der Waals surface area contributed by atoms with Crippen LogP contribution in [-0.4, -0.2) is 19.6 Å². The molecule has 0 bridgehead atoms. The predicted molar refractivity (Wildman–Crippen MR) is 105 cm³/mol. The largest absolute Gasteiger partial charge is 0.461 e. The maximum atomic E-state index is 13.3. The minimum absolute atomic E-state index is 0.252. The Balaban J connectivity index is 1.66. The number of hydrogen-bond donors (Lipinski definition) is 1. The van der Waals surface area contributed by atoms with E-state index in [2.05, 4.69) is 20.4 Å². The maximum Gasteiger partial charge on any atom is 0.417 e. The average molecular weight is 434 g/mol. The van der Waals surface area contributed by atoms with Crippen molar-refractivity contribution in [3.05, 3.63) is 58.4 Å². The summed E-state index contributed by atoms with van der Waals surface area (Å²) in [5, 5.41) is 7.24. The molecule has 5 rings (SSSR count). The molecule has 154 valence electrons. The lowest BCUT2D eigenvalue weighted by Crippen LogP contribution is -2.14. The normalized spacial score (nSPS) is 14.1. The lowest BCUT2D eigenvalue weighted by atomic mass is 9.96. The van der Waals surface area contributed by atoms with E-state index in [-0.39, 0.29) is 10.7 Å². The summed E-state index contributed by atoms with van der Waals surface area (Å²) in [6.45, 7) is 0. The molecule has 0 atom stereocenters. The molecule has 0 saturated carbocycles. The molecular weight excluding hydrogens is 419 g/mol. The van der Waals surface area contributed by atoms with Crippen molar-refractivity contribution in [2.75, 3.05) is 5.32 Å². The Morgan fingerprint density at radius 1 is 1.10 bits per heavy atom. The summed E-state index contributed by atoms with van der Waals surface area (Å²) < 4.78 is 46.8. The Labute approximate surface area is 173 Å². The molecule has 1 aromatic carbocycles. The zero-order valence-electron chi connectivity index (χ0n) is 15.5. The van der Waals surface area contributed by atoms with Gasteiger partial charge in [0.05, 0.1) is 22.5 Å². The highest BCUT2D eigenvalue weighted by Crippen LogP contribution is 2.37. The second kappa shape index (κ2) is 7.02. The van der Waals surface area contributed by atoms with Crippen molar-refractivity contribution >= 4 is 28.9 Å². The van der Waals surface area contributed by atoms with Crippen LogP contribution in [0.2, 0.25) is 5.02 Å². The van der Waals surface area contributed by atoms with E-state index in [0.717, 1.165) is 43.0 Å². The summed E-state index contributed by atoms with van der Waals surface area (Å²) in [6, 6.07) is 7.19. The van der Waals surface area contributed by atoms with Gasteiger partial charge in [-0.05, 0) is 56.0 Å². The zero-order chi connectivity index (χ0) is 20.9. The van der Waals surface area contributed by atoms with Gasteiger partial charge in [0.15, 0.2) is 5.76 Å². The molecule has 0 spiro atoms. The first-order valence-electron chi connectivity index (χ1n) is 9.36. The number of fused-ring (bicyclic) bond motifs is 2. The van der Waals surface area contributed by atoms with Gasteiger partial charge in [0, 0.05) is 11.3 Å². The fourth-order valence-electron chi connectivity index (χ4n) is 3.64. The maximum absolute atomic E-state index is 13.3. The number of rotatable bonds is 3. The molecule has 0 unspecified atom stereocenters. The third-order valence-electron chi connectivity index (χ3n) is 5.04. The number of hydrogen-bond acceptors (Lipinski definition) is 5. The van der Waals surface area contributed by atoms with E-state index in [4.69, 9.17) is 16.0 Å². The molecule has 3 heterocycles. The van der Waals surface area contributed by atoms with Crippen LogP contribution in [0.15, 0.2) is 41.0 Å². The SMILES string of the molecule is FC(F)(F)c1cc(Nc2c3c(nc4nc(-c5ccco5)nn24)CCCC3)ccc1Cl. The number of alkyl halides is 3. The van der Waals surface area contributed by atoms with E-state index in [0.29, 0.717) is 23.2 Å². The Morgan fingerprint density at radius 3 is 2.70 bits per heavy atom. The fourth-order valence-corrected chi connectivity index (χ4v) is 3.86. The van der Waals surface area contributed by atoms with E-state index in [1.54, 1.807) is 12.1 Å². The van der Waals surface area contributed by atoms with Gasteiger partial charge in [-0.25, -0.2) is 4.98 Å². The highest BCUT2D eigenvalue weighted by atomic mass is 35.5. The van der Waals surface area contributed by atoms with E-state index in [9.17, 15) is 13.2 Å². The van der Waals surface area contributed by atoms with Crippen molar-refractivity contribution in [2.24, 2.45) is 0 Å². The Hall–Kier alpha value is -3.07. The molecular formula is C20H15ClF3N5O. The van der Waals surface area contributed by atoms with Gasteiger partial charge in [0.25, 0.3) is 5.78 Å². The van der Waals surface area contributed by atoms with Crippen molar-refractivity contribution in [3.8, 4) is 11.6 Å². The number of anilines is 2. The molecule has 0 saturated heterocycles. The Morgan fingerprint density at radius 2 is 1.93 bits per heavy atom. The molecule has 4 aromatic rings. The van der Waals surface area contributed by atoms with E-state index in [1.165, 1.54) is 22.9 Å². The van der Waals surface area contributed by atoms with E-state index in [1.807, 2.05) is 0 Å². The molecule has 0 fully saturated rings. The first kappa shape index (κ1) is 18.9. The molecule has 30 heavy (non-hydrogen) atoms. The number of aromatic nitrogens is 4. The minimum atomic E-state index is -4.55. The predicted octanol–water partition coefficient (Wildman–Crippen LogP) is 5.68. The lowest BCUT2D eigenvalue weighted by Gasteiger charge is -2.20. The molecule has 1 aliphatic rings. The lowest BCUT2D eigenvalue weighted by molar-refractivity contribution is -0.137. The number of nitrogens with one attached hydrogen (secondary N) is 1. The van der Waals surface area contributed by atoms with Crippen molar-refractivity contribution in [3.63, 3.8) is 0 Å². The summed E-state index contributed by atoms with van der Waals surface area (Å²) in [6.07, 6.45) is 0.442. The van der Waals surface area contributed by atoms with Crippen LogP contribution >= 0.6 is 11.6 Å². The summed E-state index contributed by atoms with van der Waals surface area (Å²) >= 11 is 5.76. The summed E-state index contributed by atoms with van der Waals surface area (Å²) in [5.41, 5.74) is 1.15. The number of aryl methyl sites for hydroxylation is 1. The molecule has 0 aliphatic heterocycles. The van der Waals surface area contributed by atoms with Gasteiger partial charge in [-0.15, -0.1) is 5.10 Å². The average Bonchev–Trinajstić information content (AvgIpc) is 3.37. The van der Waals surface area contributed by atoms with Crippen molar-refractivity contribution in [2.45, 2.75) is 31.9 Å². The second-order valence-corrected chi connectivity index (χ2v) is 7.44. The van der Waals surface area contributed by atoms with Crippen LogP contribution in [0.25, 0.3) is 17.4 Å². The van der Waals surface area contributed by atoms with Gasteiger partial charge in [0.1, 0.15) is 5.82 Å². The van der Waals surface area contributed by atoms with E-state index >= 15 is 0 Å². The quantitative estimate of drug-likeness (QED) is 0.450. The molecule has 1 aliphatic carbocycles. The summed E-state index contributed by atoms with van der Waals surface area (Å²) in [4.78, 5) is 9.07. The highest BCUT2D eigenvalue weighted by Gasteiger charge is 2.33. The molecule has 10 heteroatoms. The first-order valence-corrected chi connectivity index (χ1v) is 9.74. The third kappa shape index (κ3) is 3.28. The monoisotopic (exact) mass is 433 g/mol. The number of benzene rings is 1. The molecule has 0 amide bonds. The van der Waals surface area contributed by atoms with Crippen LogP contribution in [0.3, 0.4) is 0 Å². The first-order chi connectivity index (χ1) is 14.4. The fraction of sp³-hybridized carbons (Fsp3) is 0.250. The van der Waals surface area contributed by atoms with Crippen LogP contribution in [0.1, 0.15) is 29.7 Å². The van der Waals surface area contributed by atoms with Gasteiger partial charge in [-0.1, -0.05) is 11.6 Å². The topological polar surface area (TPSA) is 68.2 Å². The number of halogens is 4. The van der Waals surface area contributed by atoms with Crippen LogP contribution in [0.5, 0.6) is 0 Å². The zero-order valence-corrected chi connectivity index (χ0v) is 16.3. The standard InChI is InChI=1S/C20H15ClF3N5O/c21-14-8-7-11(10-13(14)20(22,23)24)25-18-12-4-1-2-5-15(12)26-19-27-17(28-29(18)19)16-6-3-9-30-16/h3,6-10,25H,1-2,4-5H2. The van der Waals surface area contributed by atoms with Crippen LogP contribution in [0, 0.1) is 0 Å². The Kier molecular flexibility index (Phi) is 4.43. The molecule has 3 aromatic heterocycles. The molecule has 0 radical (unpaired) electrons. The summed E-state index contributed by atoms with van der Waals surface area (Å²) in [5.74, 6) is 1.74. The smallest absolute Gasteiger partial charge is 0.417 e. The number of furan rings is 1. The van der Waals surface area contributed by atoms with Crippen molar-refractivity contribution < 1.29 is 17.6 Å². The molecule has 1 N–H and O–H groups in total. The van der Waals surface area contributed by atoms with Gasteiger partial charge in [-0.3, -0.25) is 0 Å². The highest BCUT2D eigenvalue weighted by molar-refractivity contribution is 6.31. The van der Waals surface area contributed by atoms with Crippen molar-refractivity contribution in [1.82, 2.24) is 19.6 Å². The second-order valence-electron chi connectivity index (χ2n) is 7.03. The molecule has 6 nitrogen and oxygen atoms in total. The third-order valence-corrected chi connectivity index (χ3v) is 5.37. The van der Waals surface area contributed by atoms with Gasteiger partial charge >= 0.3 is 6.18 Å². The van der Waals surface area contributed by atoms with E-state index < -0.39 is 11.7 Å². The van der Waals surface area contributed by atoms with Gasteiger partial charge in [-0.2, -0.15) is 22.7 Å². The van der Waals surface area contributed by atoms with Crippen LogP contribution in [0.4, 0.5) is 24.7 Å². The summed E-state index contributed by atoms with van der Waals surface area (Å²) in [7, 11) is 0. The minimum Gasteiger partial charge on any atom is -0.461 e.